The van der Waals surface area contributed by atoms with Gasteiger partial charge < -0.3 is 25.6 Å². The number of rotatable bonds is 4. The lowest BCUT2D eigenvalue weighted by Crippen LogP contribution is -2.39. The van der Waals surface area contributed by atoms with Gasteiger partial charge in [-0.1, -0.05) is 0 Å². The van der Waals surface area contributed by atoms with Gasteiger partial charge in [-0.3, -0.25) is 4.79 Å². The van der Waals surface area contributed by atoms with E-state index >= 15 is 0 Å². The third kappa shape index (κ3) is 2.34. The molecule has 2 aliphatic rings. The molecule has 0 unspecified atom stereocenters. The number of carbonyl (C=O) groups is 2. The summed E-state index contributed by atoms with van der Waals surface area (Å²) in [5.74, 6) is -0.831. The van der Waals surface area contributed by atoms with Crippen molar-refractivity contribution in [3.8, 4) is 0 Å². The summed E-state index contributed by atoms with van der Waals surface area (Å²) in [6, 6.07) is -0.286. The summed E-state index contributed by atoms with van der Waals surface area (Å²) in [4.78, 5) is 22.6. The molecule has 0 aromatic rings. The van der Waals surface area contributed by atoms with Crippen LogP contribution in [-0.4, -0.2) is 53.6 Å². The minimum absolute atomic E-state index is 0.0118. The lowest BCUT2D eigenvalue weighted by Gasteiger charge is -2.17. The van der Waals surface area contributed by atoms with Gasteiger partial charge in [0, 0.05) is 13.2 Å². The quantitative estimate of drug-likeness (QED) is 0.443. The molecule has 2 amide bonds. The molecule has 4 atom stereocenters. The van der Waals surface area contributed by atoms with Crippen molar-refractivity contribution < 1.29 is 24.5 Å². The van der Waals surface area contributed by atoms with Crippen LogP contribution >= 0.6 is 0 Å². The fraction of sp³-hybridized carbons (Fsp3) is 0.800. The molecule has 1 aliphatic heterocycles. The van der Waals surface area contributed by atoms with Crippen LogP contribution < -0.4 is 10.6 Å². The Bertz CT molecular complexity index is 322. The van der Waals surface area contributed by atoms with Crippen LogP contribution in [-0.2, 0) is 9.53 Å². The van der Waals surface area contributed by atoms with E-state index in [9.17, 15) is 14.7 Å². The van der Waals surface area contributed by atoms with Crippen LogP contribution in [0.25, 0.3) is 0 Å². The van der Waals surface area contributed by atoms with Gasteiger partial charge in [-0.05, 0) is 12.8 Å². The van der Waals surface area contributed by atoms with E-state index in [1.54, 1.807) is 0 Å². The van der Waals surface area contributed by atoms with Crippen LogP contribution in [0.2, 0.25) is 0 Å². The van der Waals surface area contributed by atoms with Gasteiger partial charge in [0.15, 0.2) is 6.10 Å². The van der Waals surface area contributed by atoms with Gasteiger partial charge in [-0.25, -0.2) is 4.79 Å². The molecule has 0 bridgehead atoms. The van der Waals surface area contributed by atoms with Crippen molar-refractivity contribution in [2.75, 3.05) is 13.2 Å². The Hall–Kier alpha value is -1.34. The van der Waals surface area contributed by atoms with Crippen molar-refractivity contribution >= 4 is 12.0 Å². The molecule has 1 heterocycles. The van der Waals surface area contributed by atoms with E-state index in [-0.39, 0.29) is 18.6 Å². The Balaban J connectivity index is 1.87. The third-order valence-electron chi connectivity index (χ3n) is 3.17. The molecular weight excluding hydrogens is 228 g/mol. The number of aliphatic hydroxyl groups excluding tert-OH is 2. The third-order valence-corrected chi connectivity index (χ3v) is 3.17. The van der Waals surface area contributed by atoms with Gasteiger partial charge >= 0.3 is 6.09 Å². The maximum atomic E-state index is 11.7. The van der Waals surface area contributed by atoms with Gasteiger partial charge in [0.25, 0.3) is 0 Å². The van der Waals surface area contributed by atoms with Gasteiger partial charge in [0.2, 0.25) is 5.91 Å². The molecule has 7 heteroatoms. The van der Waals surface area contributed by atoms with Crippen LogP contribution in [0.1, 0.15) is 12.8 Å². The fourth-order valence-electron chi connectivity index (χ4n) is 2.30. The fourth-order valence-corrected chi connectivity index (χ4v) is 2.30. The van der Waals surface area contributed by atoms with Gasteiger partial charge in [0.05, 0.1) is 12.0 Å². The molecule has 17 heavy (non-hydrogen) atoms. The highest BCUT2D eigenvalue weighted by Gasteiger charge is 2.51. The predicted molar refractivity (Wildman–Crippen MR) is 56.0 cm³/mol. The van der Waals surface area contributed by atoms with Gasteiger partial charge in [0.1, 0.15) is 6.10 Å². The van der Waals surface area contributed by atoms with Crippen molar-refractivity contribution in [2.24, 2.45) is 5.92 Å². The molecular formula is C10H16N2O5. The average Bonchev–Trinajstić information content (AvgIpc) is 2.78. The molecule has 0 aromatic heterocycles. The molecule has 0 aromatic carbocycles. The second kappa shape index (κ2) is 4.89. The van der Waals surface area contributed by atoms with Gasteiger partial charge in [-0.15, -0.1) is 0 Å². The van der Waals surface area contributed by atoms with Crippen LogP contribution in [0.5, 0.6) is 0 Å². The van der Waals surface area contributed by atoms with Gasteiger partial charge in [-0.2, -0.15) is 0 Å². The van der Waals surface area contributed by atoms with Crippen molar-refractivity contribution in [3.05, 3.63) is 0 Å². The van der Waals surface area contributed by atoms with E-state index in [0.29, 0.717) is 19.4 Å². The highest BCUT2D eigenvalue weighted by atomic mass is 16.6. The summed E-state index contributed by atoms with van der Waals surface area (Å²) in [6.45, 7) is 0.388. The smallest absolute Gasteiger partial charge is 0.407 e. The Morgan fingerprint density at radius 2 is 2.35 bits per heavy atom. The zero-order chi connectivity index (χ0) is 12.4. The van der Waals surface area contributed by atoms with E-state index < -0.39 is 24.2 Å². The number of alkyl carbamates (subject to hydrolysis) is 1. The monoisotopic (exact) mass is 244 g/mol. The Labute approximate surface area is 98.1 Å². The van der Waals surface area contributed by atoms with E-state index in [4.69, 9.17) is 9.84 Å². The van der Waals surface area contributed by atoms with E-state index in [2.05, 4.69) is 10.6 Å². The summed E-state index contributed by atoms with van der Waals surface area (Å²) >= 11 is 0. The molecule has 1 saturated heterocycles. The standard InChI is InChI=1S/C10H16N2O5/c13-3-1-2-11-9(15)5-4-6-8(7(5)14)17-10(16)12-6/h5-8,13-14H,1-4H2,(H,11,15)(H,12,16)/t5-,6+,7+,8+/m1/s1. The molecule has 0 spiro atoms. The number of ether oxygens (including phenoxy) is 1. The second-order valence-corrected chi connectivity index (χ2v) is 4.32. The number of fused-ring (bicyclic) bond motifs is 1. The molecule has 96 valence electrons. The number of hydrogen-bond donors (Lipinski definition) is 4. The number of nitrogens with one attached hydrogen (secondary N) is 2. The first-order chi connectivity index (χ1) is 8.13. The van der Waals surface area contributed by atoms with E-state index in [0.717, 1.165) is 0 Å². The SMILES string of the molecule is O=C1N[C@H]2C[C@@H](C(=O)NCCCO)[C@H](O)[C@H]2O1. The highest BCUT2D eigenvalue weighted by molar-refractivity contribution is 5.81. The summed E-state index contributed by atoms with van der Waals surface area (Å²) in [5, 5.41) is 23.7. The molecule has 1 aliphatic carbocycles. The number of amides is 2. The van der Waals surface area contributed by atoms with E-state index in [1.165, 1.54) is 0 Å². The molecule has 2 fully saturated rings. The molecule has 4 N–H and O–H groups in total. The number of hydrogen-bond acceptors (Lipinski definition) is 5. The molecule has 2 rings (SSSR count). The molecule has 0 radical (unpaired) electrons. The first kappa shape index (κ1) is 12.1. The molecule has 1 saturated carbocycles. The normalized spacial score (nSPS) is 35.1. The maximum absolute atomic E-state index is 11.7. The minimum atomic E-state index is -0.965. The predicted octanol–water partition coefficient (Wildman–Crippen LogP) is -1.66. The average molecular weight is 244 g/mol. The van der Waals surface area contributed by atoms with Crippen molar-refractivity contribution in [3.63, 3.8) is 0 Å². The number of aliphatic hydroxyl groups is 2. The van der Waals surface area contributed by atoms with Crippen LogP contribution in [0.15, 0.2) is 0 Å². The number of carbonyl (C=O) groups excluding carboxylic acids is 2. The summed E-state index contributed by atoms with van der Waals surface area (Å²) in [6.07, 6.45) is -1.28. The van der Waals surface area contributed by atoms with Crippen molar-refractivity contribution in [1.82, 2.24) is 10.6 Å². The van der Waals surface area contributed by atoms with Crippen LogP contribution in [0, 0.1) is 5.92 Å². The second-order valence-electron chi connectivity index (χ2n) is 4.32. The zero-order valence-corrected chi connectivity index (χ0v) is 9.26. The maximum Gasteiger partial charge on any atom is 0.407 e. The van der Waals surface area contributed by atoms with E-state index in [1.807, 2.05) is 0 Å². The lowest BCUT2D eigenvalue weighted by atomic mass is 10.0. The summed E-state index contributed by atoms with van der Waals surface area (Å²) in [7, 11) is 0. The summed E-state index contributed by atoms with van der Waals surface area (Å²) < 4.78 is 4.88. The van der Waals surface area contributed by atoms with Crippen LogP contribution in [0.4, 0.5) is 4.79 Å². The summed E-state index contributed by atoms with van der Waals surface area (Å²) in [5.41, 5.74) is 0. The Kier molecular flexibility index (Phi) is 3.49. The first-order valence-corrected chi connectivity index (χ1v) is 5.67. The van der Waals surface area contributed by atoms with Crippen molar-refractivity contribution in [2.45, 2.75) is 31.1 Å². The lowest BCUT2D eigenvalue weighted by molar-refractivity contribution is -0.128. The largest absolute Gasteiger partial charge is 0.441 e. The highest BCUT2D eigenvalue weighted by Crippen LogP contribution is 2.32. The minimum Gasteiger partial charge on any atom is -0.441 e. The molecule has 7 nitrogen and oxygen atoms in total. The topological polar surface area (TPSA) is 108 Å². The van der Waals surface area contributed by atoms with Crippen LogP contribution in [0.3, 0.4) is 0 Å². The Morgan fingerprint density at radius 3 is 3.00 bits per heavy atom. The Morgan fingerprint density at radius 1 is 1.59 bits per heavy atom. The van der Waals surface area contributed by atoms with Crippen molar-refractivity contribution in [1.29, 1.82) is 0 Å². The zero-order valence-electron chi connectivity index (χ0n) is 9.26. The first-order valence-electron chi connectivity index (χ1n) is 5.67.